The molecule has 0 radical (unpaired) electrons. The van der Waals surface area contributed by atoms with Crippen LogP contribution in [0.4, 0.5) is 8.78 Å². The highest BCUT2D eigenvalue weighted by Gasteiger charge is 2.18. The number of carboxylic acid groups (broad SMARTS) is 1. The van der Waals surface area contributed by atoms with E-state index in [0.717, 1.165) is 0 Å². The number of aromatic carboxylic acids is 1. The molecular weight excluding hydrogens is 306 g/mol. The van der Waals surface area contributed by atoms with Gasteiger partial charge in [-0.05, 0) is 19.1 Å². The van der Waals surface area contributed by atoms with Gasteiger partial charge in [0, 0.05) is 7.05 Å². The fourth-order valence-corrected chi connectivity index (χ4v) is 2.01. The van der Waals surface area contributed by atoms with Crippen LogP contribution in [-0.4, -0.2) is 20.9 Å². The van der Waals surface area contributed by atoms with Crippen LogP contribution in [0.2, 0.25) is 5.02 Å². The first-order valence-corrected chi connectivity index (χ1v) is 6.22. The summed E-state index contributed by atoms with van der Waals surface area (Å²) >= 11 is 6.00. The minimum atomic E-state index is -1.43. The van der Waals surface area contributed by atoms with Gasteiger partial charge >= 0.3 is 5.97 Å². The third-order valence-corrected chi connectivity index (χ3v) is 3.35. The van der Waals surface area contributed by atoms with E-state index in [1.54, 1.807) is 14.0 Å². The first kappa shape index (κ1) is 15.2. The van der Waals surface area contributed by atoms with Crippen molar-refractivity contribution >= 4 is 17.6 Å². The molecule has 0 fully saturated rings. The Morgan fingerprint density at radius 1 is 1.43 bits per heavy atom. The van der Waals surface area contributed by atoms with E-state index in [1.807, 2.05) is 0 Å². The number of rotatable bonds is 4. The zero-order chi connectivity index (χ0) is 15.7. The normalized spacial score (nSPS) is 10.7. The molecule has 1 heterocycles. The molecule has 0 bridgehead atoms. The van der Waals surface area contributed by atoms with Crippen molar-refractivity contribution in [3.8, 4) is 5.75 Å². The third kappa shape index (κ3) is 2.97. The lowest BCUT2D eigenvalue weighted by Gasteiger charge is -2.09. The van der Waals surface area contributed by atoms with Gasteiger partial charge in [-0.25, -0.2) is 13.6 Å². The Kier molecular flexibility index (Phi) is 4.13. The fourth-order valence-electron chi connectivity index (χ4n) is 1.80. The molecule has 0 aliphatic carbocycles. The Labute approximate surface area is 123 Å². The smallest absolute Gasteiger partial charge is 0.335 e. The summed E-state index contributed by atoms with van der Waals surface area (Å²) in [6, 6.07) is 1.38. The summed E-state index contributed by atoms with van der Waals surface area (Å²) in [5.74, 6) is -4.27. The van der Waals surface area contributed by atoms with Crippen molar-refractivity contribution < 1.29 is 23.4 Å². The molecule has 0 saturated carbocycles. The molecule has 21 heavy (non-hydrogen) atoms. The zero-order valence-corrected chi connectivity index (χ0v) is 11.9. The maximum atomic E-state index is 13.7. The van der Waals surface area contributed by atoms with Gasteiger partial charge in [-0.15, -0.1) is 0 Å². The molecule has 8 heteroatoms. The number of aromatic nitrogens is 2. The number of carbonyl (C=O) groups is 1. The molecule has 0 aliphatic rings. The maximum Gasteiger partial charge on any atom is 0.335 e. The van der Waals surface area contributed by atoms with Crippen LogP contribution in [-0.2, 0) is 13.7 Å². The summed E-state index contributed by atoms with van der Waals surface area (Å²) in [6.45, 7) is 1.49. The maximum absolute atomic E-state index is 13.7. The zero-order valence-electron chi connectivity index (χ0n) is 11.2. The third-order valence-electron chi connectivity index (χ3n) is 2.86. The Morgan fingerprint density at radius 2 is 2.00 bits per heavy atom. The first-order valence-electron chi connectivity index (χ1n) is 5.84. The van der Waals surface area contributed by atoms with E-state index in [2.05, 4.69) is 5.10 Å². The van der Waals surface area contributed by atoms with Crippen LogP contribution >= 0.6 is 11.6 Å². The topological polar surface area (TPSA) is 64.4 Å². The highest BCUT2D eigenvalue weighted by molar-refractivity contribution is 6.31. The van der Waals surface area contributed by atoms with Crippen LogP contribution in [0.5, 0.6) is 5.75 Å². The van der Waals surface area contributed by atoms with E-state index in [-0.39, 0.29) is 6.61 Å². The van der Waals surface area contributed by atoms with E-state index in [9.17, 15) is 13.6 Å². The number of carboxylic acids is 1. The average molecular weight is 317 g/mol. The van der Waals surface area contributed by atoms with Crippen LogP contribution < -0.4 is 4.74 Å². The van der Waals surface area contributed by atoms with E-state index in [1.165, 1.54) is 4.68 Å². The van der Waals surface area contributed by atoms with Crippen LogP contribution in [0.3, 0.4) is 0 Å². The Balaban J connectivity index is 2.26. The summed E-state index contributed by atoms with van der Waals surface area (Å²) in [5.41, 5.74) is 0.530. The highest BCUT2D eigenvalue weighted by atomic mass is 35.5. The van der Waals surface area contributed by atoms with Crippen molar-refractivity contribution in [2.24, 2.45) is 7.05 Å². The van der Waals surface area contributed by atoms with Crippen molar-refractivity contribution in [2.75, 3.05) is 0 Å². The number of aryl methyl sites for hydroxylation is 2. The summed E-state index contributed by atoms with van der Waals surface area (Å²) in [5, 5.41) is 13.1. The summed E-state index contributed by atoms with van der Waals surface area (Å²) < 4.78 is 33.9. The Bertz CT molecular complexity index is 693. The van der Waals surface area contributed by atoms with Crippen molar-refractivity contribution in [3.63, 3.8) is 0 Å². The SMILES string of the molecule is Cc1nn(C)c(COc2c(F)cc(C(=O)O)cc2F)c1Cl. The van der Waals surface area contributed by atoms with Crippen molar-refractivity contribution in [1.29, 1.82) is 0 Å². The second-order valence-corrected chi connectivity index (χ2v) is 4.71. The van der Waals surface area contributed by atoms with Gasteiger partial charge < -0.3 is 9.84 Å². The van der Waals surface area contributed by atoms with Crippen molar-refractivity contribution in [3.05, 3.63) is 45.7 Å². The standard InChI is InChI=1S/C13H11ClF2N2O3/c1-6-11(14)10(18(2)17-6)5-21-12-8(15)3-7(13(19)20)4-9(12)16/h3-4H,5H2,1-2H3,(H,19,20). The van der Waals surface area contributed by atoms with E-state index < -0.39 is 28.9 Å². The molecule has 0 saturated heterocycles. The lowest BCUT2D eigenvalue weighted by atomic mass is 10.2. The van der Waals surface area contributed by atoms with Crippen LogP contribution in [0.15, 0.2) is 12.1 Å². The molecule has 112 valence electrons. The minimum Gasteiger partial charge on any atom is -0.481 e. The number of hydrogen-bond donors (Lipinski definition) is 1. The van der Waals surface area contributed by atoms with Gasteiger partial charge in [-0.3, -0.25) is 4.68 Å². The molecular formula is C13H11ClF2N2O3. The molecule has 2 rings (SSSR count). The number of ether oxygens (including phenoxy) is 1. The van der Waals surface area contributed by atoms with Gasteiger partial charge in [0.2, 0.25) is 0 Å². The molecule has 0 amide bonds. The number of nitrogens with zero attached hydrogens (tertiary/aromatic N) is 2. The van der Waals surface area contributed by atoms with Gasteiger partial charge in [0.15, 0.2) is 17.4 Å². The highest BCUT2D eigenvalue weighted by Crippen LogP contribution is 2.26. The predicted octanol–water partition coefficient (Wildman–Crippen LogP) is 2.94. The monoisotopic (exact) mass is 316 g/mol. The van der Waals surface area contributed by atoms with Gasteiger partial charge in [-0.2, -0.15) is 5.10 Å². The summed E-state index contributed by atoms with van der Waals surface area (Å²) in [4.78, 5) is 10.7. The van der Waals surface area contributed by atoms with E-state index in [0.29, 0.717) is 28.5 Å². The lowest BCUT2D eigenvalue weighted by Crippen LogP contribution is -2.07. The number of halogens is 3. The largest absolute Gasteiger partial charge is 0.481 e. The molecule has 5 nitrogen and oxygen atoms in total. The van der Waals surface area contributed by atoms with Gasteiger partial charge in [0.25, 0.3) is 0 Å². The summed E-state index contributed by atoms with van der Waals surface area (Å²) in [6.07, 6.45) is 0. The molecule has 0 aliphatic heterocycles. The number of benzene rings is 1. The molecule has 1 aromatic heterocycles. The first-order chi connectivity index (χ1) is 9.81. The second-order valence-electron chi connectivity index (χ2n) is 4.33. The van der Waals surface area contributed by atoms with Crippen LogP contribution in [0, 0.1) is 18.6 Å². The van der Waals surface area contributed by atoms with Gasteiger partial charge in [-0.1, -0.05) is 11.6 Å². The molecule has 0 unspecified atom stereocenters. The molecule has 0 atom stereocenters. The molecule has 1 N–H and O–H groups in total. The van der Waals surface area contributed by atoms with Crippen molar-refractivity contribution in [2.45, 2.75) is 13.5 Å². The fraction of sp³-hybridized carbons (Fsp3) is 0.231. The van der Waals surface area contributed by atoms with E-state index in [4.69, 9.17) is 21.4 Å². The second kappa shape index (κ2) is 5.69. The average Bonchev–Trinajstić information content (AvgIpc) is 2.63. The lowest BCUT2D eigenvalue weighted by molar-refractivity contribution is 0.0695. The predicted molar refractivity (Wildman–Crippen MR) is 70.6 cm³/mol. The van der Waals surface area contributed by atoms with Crippen LogP contribution in [0.1, 0.15) is 21.7 Å². The molecule has 2 aromatic rings. The van der Waals surface area contributed by atoms with E-state index >= 15 is 0 Å². The molecule has 0 spiro atoms. The Hall–Kier alpha value is -2.15. The van der Waals surface area contributed by atoms with Crippen LogP contribution in [0.25, 0.3) is 0 Å². The minimum absolute atomic E-state index is 0.198. The quantitative estimate of drug-likeness (QED) is 0.942. The number of hydrogen-bond acceptors (Lipinski definition) is 3. The summed E-state index contributed by atoms with van der Waals surface area (Å²) in [7, 11) is 1.62. The molecule has 1 aromatic carbocycles. The van der Waals surface area contributed by atoms with Gasteiger partial charge in [0.05, 0.1) is 22.0 Å². The Morgan fingerprint density at radius 3 is 2.43 bits per heavy atom. The van der Waals surface area contributed by atoms with Crippen molar-refractivity contribution in [1.82, 2.24) is 9.78 Å². The van der Waals surface area contributed by atoms with Gasteiger partial charge in [0.1, 0.15) is 6.61 Å².